The van der Waals surface area contributed by atoms with Crippen molar-refractivity contribution in [1.82, 2.24) is 16.2 Å². The average molecular weight is 512 g/mol. The molecule has 0 unspecified atom stereocenters. The van der Waals surface area contributed by atoms with Crippen LogP contribution in [0.25, 0.3) is 0 Å². The van der Waals surface area contributed by atoms with Crippen LogP contribution < -0.4 is 20.9 Å². The summed E-state index contributed by atoms with van der Waals surface area (Å²) in [5.41, 5.74) is 3.83. The van der Waals surface area contributed by atoms with E-state index in [1.54, 1.807) is 12.1 Å². The molecule has 2 amide bonds. The minimum atomic E-state index is -0.946. The van der Waals surface area contributed by atoms with Gasteiger partial charge in [-0.05, 0) is 52.8 Å². The predicted octanol–water partition coefficient (Wildman–Crippen LogP) is 2.29. The summed E-state index contributed by atoms with van der Waals surface area (Å²) < 4.78 is 6.02. The number of carbonyl (C=O) groups is 2. The number of amides is 2. The number of thiocarbonyl (C=S) groups is 1. The number of hydrogen-bond donors (Lipinski definition) is 3. The van der Waals surface area contributed by atoms with Crippen LogP contribution in [0.1, 0.15) is 15.9 Å². The third kappa shape index (κ3) is 6.97. The second-order valence-corrected chi connectivity index (χ2v) is 7.19. The second kappa shape index (κ2) is 10.4. The van der Waals surface area contributed by atoms with Crippen LogP contribution in [0.2, 0.25) is 0 Å². The molecule has 0 aliphatic rings. The zero-order valence-electron chi connectivity index (χ0n) is 15.7. The van der Waals surface area contributed by atoms with Gasteiger partial charge in [0.05, 0.1) is 25.9 Å². The number of nitro groups is 2. The zero-order chi connectivity index (χ0) is 23.1. The Kier molecular flexibility index (Phi) is 7.93. The lowest BCUT2D eigenvalue weighted by molar-refractivity contribution is -0.394. The van der Waals surface area contributed by atoms with Crippen molar-refractivity contribution >= 4 is 56.4 Å². The highest BCUT2D eigenvalue weighted by Gasteiger charge is 2.20. The molecular formula is C17H14BrN5O7S. The summed E-state index contributed by atoms with van der Waals surface area (Å²) in [6.45, 7) is 1.54. The fourth-order valence-corrected chi connectivity index (χ4v) is 2.92. The third-order valence-corrected chi connectivity index (χ3v) is 4.40. The summed E-state index contributed by atoms with van der Waals surface area (Å²) in [4.78, 5) is 44.1. The van der Waals surface area contributed by atoms with E-state index >= 15 is 0 Å². The van der Waals surface area contributed by atoms with Gasteiger partial charge in [0.2, 0.25) is 0 Å². The molecule has 2 aromatic carbocycles. The van der Waals surface area contributed by atoms with Crippen LogP contribution in [-0.4, -0.2) is 33.4 Å². The molecular weight excluding hydrogens is 498 g/mol. The first-order chi connectivity index (χ1) is 14.6. The number of hydrogen-bond acceptors (Lipinski definition) is 8. The topological polar surface area (TPSA) is 166 Å². The number of benzene rings is 2. The van der Waals surface area contributed by atoms with Gasteiger partial charge in [-0.1, -0.05) is 6.07 Å². The van der Waals surface area contributed by atoms with Crippen molar-refractivity contribution in [2.45, 2.75) is 6.92 Å². The molecule has 0 fully saturated rings. The maximum absolute atomic E-state index is 12.2. The van der Waals surface area contributed by atoms with Crippen LogP contribution in [0, 0.1) is 27.2 Å². The number of rotatable bonds is 6. The molecule has 0 atom stereocenters. The Morgan fingerprint density at radius 2 is 1.68 bits per heavy atom. The number of aryl methyl sites for hydroxylation is 1. The molecule has 0 radical (unpaired) electrons. The number of nitrogens with zero attached hydrogens (tertiary/aromatic N) is 2. The number of non-ortho nitro benzene ring substituents is 2. The van der Waals surface area contributed by atoms with Gasteiger partial charge in [-0.15, -0.1) is 0 Å². The van der Waals surface area contributed by atoms with Crippen LogP contribution in [-0.2, 0) is 4.79 Å². The standard InChI is InChI=1S/C17H14BrN5O7S/c1-9-2-3-14(13(18)4-9)30-8-15(24)20-21-17(31)19-16(25)10-5-11(22(26)27)7-12(6-10)23(28)29/h2-7H,8H2,1H3,(H,20,24)(H2,19,21,25,31). The van der Waals surface area contributed by atoms with Crippen molar-refractivity contribution in [3.05, 3.63) is 72.2 Å². The maximum atomic E-state index is 12.2. The molecule has 0 saturated heterocycles. The van der Waals surface area contributed by atoms with Crippen LogP contribution in [0.3, 0.4) is 0 Å². The first-order valence-corrected chi connectivity index (χ1v) is 9.50. The number of carbonyl (C=O) groups excluding carboxylic acids is 2. The number of nitrogens with one attached hydrogen (secondary N) is 3. The molecule has 162 valence electrons. The summed E-state index contributed by atoms with van der Waals surface area (Å²) in [6, 6.07) is 7.74. The largest absolute Gasteiger partial charge is 0.483 e. The molecule has 3 N–H and O–H groups in total. The lowest BCUT2D eigenvalue weighted by atomic mass is 10.1. The minimum absolute atomic E-state index is 0.343. The Labute approximate surface area is 188 Å². The monoisotopic (exact) mass is 511 g/mol. The van der Waals surface area contributed by atoms with Crippen LogP contribution in [0.15, 0.2) is 40.9 Å². The fraction of sp³-hybridized carbons (Fsp3) is 0.118. The molecule has 0 aliphatic carbocycles. The van der Waals surface area contributed by atoms with Gasteiger partial charge < -0.3 is 4.74 Å². The van der Waals surface area contributed by atoms with Crippen LogP contribution in [0.5, 0.6) is 5.75 Å². The minimum Gasteiger partial charge on any atom is -0.483 e. The van der Waals surface area contributed by atoms with Gasteiger partial charge in [0.15, 0.2) is 11.7 Å². The molecule has 0 spiro atoms. The second-order valence-electron chi connectivity index (χ2n) is 5.93. The number of ether oxygens (including phenoxy) is 1. The molecule has 2 aromatic rings. The Morgan fingerprint density at radius 1 is 1.06 bits per heavy atom. The molecule has 0 saturated carbocycles. The van der Waals surface area contributed by atoms with E-state index in [1.807, 2.05) is 13.0 Å². The highest BCUT2D eigenvalue weighted by Crippen LogP contribution is 2.25. The molecule has 12 nitrogen and oxygen atoms in total. The maximum Gasteiger partial charge on any atom is 0.277 e. The lowest BCUT2D eigenvalue weighted by Gasteiger charge is -2.12. The summed E-state index contributed by atoms with van der Waals surface area (Å²) in [6.07, 6.45) is 0. The van der Waals surface area contributed by atoms with Gasteiger partial charge in [0.25, 0.3) is 23.2 Å². The van der Waals surface area contributed by atoms with Crippen molar-refractivity contribution in [3.63, 3.8) is 0 Å². The van der Waals surface area contributed by atoms with Crippen LogP contribution >= 0.6 is 28.1 Å². The van der Waals surface area contributed by atoms with Gasteiger partial charge in [0.1, 0.15) is 5.75 Å². The highest BCUT2D eigenvalue weighted by atomic mass is 79.9. The molecule has 0 aromatic heterocycles. The number of halogens is 1. The molecule has 0 bridgehead atoms. The van der Waals surface area contributed by atoms with Gasteiger partial charge in [0, 0.05) is 12.1 Å². The summed E-state index contributed by atoms with van der Waals surface area (Å²) in [5, 5.41) is 23.6. The summed E-state index contributed by atoms with van der Waals surface area (Å²) in [5.74, 6) is -1.11. The average Bonchev–Trinajstić information content (AvgIpc) is 2.71. The van der Waals surface area contributed by atoms with Crippen molar-refractivity contribution in [2.75, 3.05) is 6.61 Å². The molecule has 0 heterocycles. The smallest absolute Gasteiger partial charge is 0.277 e. The quantitative estimate of drug-likeness (QED) is 0.299. The molecule has 31 heavy (non-hydrogen) atoms. The van der Waals surface area contributed by atoms with E-state index in [9.17, 15) is 29.8 Å². The summed E-state index contributed by atoms with van der Waals surface area (Å²) in [7, 11) is 0. The van der Waals surface area contributed by atoms with E-state index in [4.69, 9.17) is 17.0 Å². The highest BCUT2D eigenvalue weighted by molar-refractivity contribution is 9.10. The van der Waals surface area contributed by atoms with Crippen LogP contribution in [0.4, 0.5) is 11.4 Å². The first kappa shape index (κ1) is 23.6. The number of hydrazine groups is 1. The molecule has 14 heteroatoms. The molecule has 0 aliphatic heterocycles. The number of nitro benzene ring substituents is 2. The zero-order valence-corrected chi connectivity index (χ0v) is 18.1. The third-order valence-electron chi connectivity index (χ3n) is 3.58. The van der Waals surface area contributed by atoms with Gasteiger partial charge in [-0.25, -0.2) is 0 Å². The predicted molar refractivity (Wildman–Crippen MR) is 115 cm³/mol. The first-order valence-electron chi connectivity index (χ1n) is 8.30. The van der Waals surface area contributed by atoms with E-state index in [0.717, 1.165) is 23.8 Å². The van der Waals surface area contributed by atoms with Crippen molar-refractivity contribution in [2.24, 2.45) is 0 Å². The summed E-state index contributed by atoms with van der Waals surface area (Å²) >= 11 is 8.17. The Morgan fingerprint density at radius 3 is 2.23 bits per heavy atom. The van der Waals surface area contributed by atoms with Gasteiger partial charge in [-0.3, -0.25) is 46.0 Å². The normalized spacial score (nSPS) is 10.0. The molecule has 2 rings (SSSR count). The van der Waals surface area contributed by atoms with E-state index in [1.165, 1.54) is 0 Å². The fourth-order valence-electron chi connectivity index (χ4n) is 2.17. The Hall–Kier alpha value is -3.65. The van der Waals surface area contributed by atoms with Crippen molar-refractivity contribution < 1.29 is 24.2 Å². The Bertz CT molecular complexity index is 1050. The SMILES string of the molecule is Cc1ccc(OCC(=O)NNC(=S)NC(=O)c2cc([N+](=O)[O-])cc([N+](=O)[O-])c2)c(Br)c1. The van der Waals surface area contributed by atoms with E-state index in [-0.39, 0.29) is 17.3 Å². The van der Waals surface area contributed by atoms with Crippen molar-refractivity contribution in [1.29, 1.82) is 0 Å². The van der Waals surface area contributed by atoms with E-state index in [2.05, 4.69) is 32.1 Å². The van der Waals surface area contributed by atoms with E-state index < -0.39 is 33.0 Å². The van der Waals surface area contributed by atoms with Crippen molar-refractivity contribution in [3.8, 4) is 5.75 Å². The van der Waals surface area contributed by atoms with Gasteiger partial charge >= 0.3 is 0 Å². The Balaban J connectivity index is 1.90. The van der Waals surface area contributed by atoms with Gasteiger partial charge in [-0.2, -0.15) is 0 Å². The lowest BCUT2D eigenvalue weighted by Crippen LogP contribution is -2.49. The van der Waals surface area contributed by atoms with E-state index in [0.29, 0.717) is 10.2 Å².